The van der Waals surface area contributed by atoms with E-state index in [-0.39, 0.29) is 5.60 Å². The highest BCUT2D eigenvalue weighted by atomic mass is 127. The Morgan fingerprint density at radius 3 is 2.75 bits per heavy atom. The van der Waals surface area contributed by atoms with Crippen LogP contribution in [0.5, 0.6) is 0 Å². The van der Waals surface area contributed by atoms with E-state index >= 15 is 0 Å². The van der Waals surface area contributed by atoms with Gasteiger partial charge in [-0.25, -0.2) is 0 Å². The summed E-state index contributed by atoms with van der Waals surface area (Å²) in [4.78, 5) is 0. The first-order valence-corrected chi connectivity index (χ1v) is 8.45. The molecule has 2 fully saturated rings. The topological polar surface area (TPSA) is 30.5 Å². The van der Waals surface area contributed by atoms with Crippen molar-refractivity contribution in [3.63, 3.8) is 0 Å². The highest BCUT2D eigenvalue weighted by Gasteiger charge is 2.42. The second-order valence-electron chi connectivity index (χ2n) is 5.90. The quantitative estimate of drug-likeness (QED) is 0.809. The van der Waals surface area contributed by atoms with Crippen molar-refractivity contribution >= 4 is 22.6 Å². The standard InChI is InChI=1S/C16H22INO2/c1-18-15(12-2-4-14(17)5-3-12)13-6-8-20-16(10-13)7-9-19-11-16/h2-5,13,15,18H,6-11H2,1H3. The summed E-state index contributed by atoms with van der Waals surface area (Å²) in [7, 11) is 2.07. The number of hydrogen-bond donors (Lipinski definition) is 1. The molecule has 3 nitrogen and oxygen atoms in total. The van der Waals surface area contributed by atoms with Gasteiger partial charge >= 0.3 is 0 Å². The van der Waals surface area contributed by atoms with E-state index in [4.69, 9.17) is 9.47 Å². The maximum atomic E-state index is 6.05. The summed E-state index contributed by atoms with van der Waals surface area (Å²) >= 11 is 2.36. The molecule has 2 saturated heterocycles. The molecule has 0 amide bonds. The lowest BCUT2D eigenvalue weighted by Crippen LogP contribution is -2.43. The molecule has 4 heteroatoms. The Hall–Kier alpha value is -0.170. The van der Waals surface area contributed by atoms with Crippen LogP contribution >= 0.6 is 22.6 Å². The zero-order chi connectivity index (χ0) is 14.0. The molecule has 2 aliphatic heterocycles. The summed E-state index contributed by atoms with van der Waals surface area (Å²) in [5, 5.41) is 3.52. The minimum Gasteiger partial charge on any atom is -0.378 e. The van der Waals surface area contributed by atoms with Gasteiger partial charge in [0.05, 0.1) is 12.2 Å². The van der Waals surface area contributed by atoms with Crippen molar-refractivity contribution in [1.82, 2.24) is 5.32 Å². The van der Waals surface area contributed by atoms with Crippen LogP contribution in [-0.4, -0.2) is 32.5 Å². The first-order chi connectivity index (χ1) is 9.72. The van der Waals surface area contributed by atoms with E-state index in [1.165, 1.54) is 9.13 Å². The van der Waals surface area contributed by atoms with E-state index in [1.54, 1.807) is 0 Å². The van der Waals surface area contributed by atoms with Crippen LogP contribution in [-0.2, 0) is 9.47 Å². The Morgan fingerprint density at radius 2 is 2.10 bits per heavy atom. The predicted octanol–water partition coefficient (Wildman–Crippen LogP) is 3.14. The Bertz CT molecular complexity index is 442. The Morgan fingerprint density at radius 1 is 1.30 bits per heavy atom. The lowest BCUT2D eigenvalue weighted by molar-refractivity contribution is -0.103. The largest absolute Gasteiger partial charge is 0.378 e. The van der Waals surface area contributed by atoms with Gasteiger partial charge in [0, 0.05) is 29.2 Å². The number of rotatable bonds is 3. The molecule has 1 aromatic rings. The average molecular weight is 387 g/mol. The Balaban J connectivity index is 1.76. The van der Waals surface area contributed by atoms with Gasteiger partial charge in [-0.15, -0.1) is 0 Å². The van der Waals surface area contributed by atoms with Gasteiger partial charge in [-0.2, -0.15) is 0 Å². The van der Waals surface area contributed by atoms with Crippen molar-refractivity contribution in [1.29, 1.82) is 0 Å². The second kappa shape index (κ2) is 6.30. The van der Waals surface area contributed by atoms with Crippen molar-refractivity contribution in [3.8, 4) is 0 Å². The molecular formula is C16H22INO2. The molecule has 1 spiro atoms. The molecule has 20 heavy (non-hydrogen) atoms. The predicted molar refractivity (Wildman–Crippen MR) is 87.8 cm³/mol. The normalized spacial score (nSPS) is 31.6. The first-order valence-electron chi connectivity index (χ1n) is 7.37. The SMILES string of the molecule is CNC(c1ccc(I)cc1)C1CCOC2(CCOC2)C1. The number of nitrogens with one attached hydrogen (secondary N) is 1. The van der Waals surface area contributed by atoms with Crippen LogP contribution in [0.25, 0.3) is 0 Å². The summed E-state index contributed by atoms with van der Waals surface area (Å²) < 4.78 is 12.9. The first kappa shape index (κ1) is 14.8. The zero-order valence-corrected chi connectivity index (χ0v) is 14.1. The van der Waals surface area contributed by atoms with Crippen molar-refractivity contribution in [3.05, 3.63) is 33.4 Å². The van der Waals surface area contributed by atoms with Crippen LogP contribution in [0.3, 0.4) is 0 Å². The summed E-state index contributed by atoms with van der Waals surface area (Å²) in [6.07, 6.45) is 3.27. The van der Waals surface area contributed by atoms with Gasteiger partial charge in [-0.1, -0.05) is 12.1 Å². The van der Waals surface area contributed by atoms with Crippen LogP contribution in [0.1, 0.15) is 30.9 Å². The van der Waals surface area contributed by atoms with E-state index in [0.29, 0.717) is 12.0 Å². The fourth-order valence-electron chi connectivity index (χ4n) is 3.56. The lowest BCUT2D eigenvalue weighted by Gasteiger charge is -2.40. The van der Waals surface area contributed by atoms with Crippen molar-refractivity contribution in [2.24, 2.45) is 5.92 Å². The van der Waals surface area contributed by atoms with E-state index in [9.17, 15) is 0 Å². The Kier molecular flexibility index (Phi) is 4.65. The van der Waals surface area contributed by atoms with Gasteiger partial charge in [0.1, 0.15) is 0 Å². The van der Waals surface area contributed by atoms with Gasteiger partial charge in [0.15, 0.2) is 0 Å². The average Bonchev–Trinajstić information content (AvgIpc) is 2.90. The monoisotopic (exact) mass is 387 g/mol. The van der Waals surface area contributed by atoms with E-state index in [0.717, 1.165) is 39.1 Å². The summed E-state index contributed by atoms with van der Waals surface area (Å²) in [5.41, 5.74) is 1.37. The third kappa shape index (κ3) is 3.03. The van der Waals surface area contributed by atoms with Gasteiger partial charge < -0.3 is 14.8 Å². The highest BCUT2D eigenvalue weighted by molar-refractivity contribution is 14.1. The van der Waals surface area contributed by atoms with E-state index in [1.807, 2.05) is 0 Å². The maximum absolute atomic E-state index is 6.05. The number of ether oxygens (including phenoxy) is 2. The van der Waals surface area contributed by atoms with Gasteiger partial charge in [-0.05, 0) is 66.1 Å². The fourth-order valence-corrected chi connectivity index (χ4v) is 3.92. The van der Waals surface area contributed by atoms with Crippen LogP contribution in [0, 0.1) is 9.49 Å². The van der Waals surface area contributed by atoms with Gasteiger partial charge in [0.25, 0.3) is 0 Å². The number of benzene rings is 1. The number of hydrogen-bond acceptors (Lipinski definition) is 3. The minimum absolute atomic E-state index is 0.0127. The van der Waals surface area contributed by atoms with Crippen molar-refractivity contribution in [2.75, 3.05) is 26.9 Å². The molecule has 2 aliphatic rings. The zero-order valence-electron chi connectivity index (χ0n) is 11.9. The molecule has 0 bridgehead atoms. The smallest absolute Gasteiger partial charge is 0.0940 e. The fraction of sp³-hybridized carbons (Fsp3) is 0.625. The summed E-state index contributed by atoms with van der Waals surface area (Å²) in [5.74, 6) is 0.621. The van der Waals surface area contributed by atoms with Crippen LogP contribution in [0.4, 0.5) is 0 Å². The molecule has 0 aromatic heterocycles. The van der Waals surface area contributed by atoms with Gasteiger partial charge in [0.2, 0.25) is 0 Å². The molecule has 1 N–H and O–H groups in total. The molecule has 3 atom stereocenters. The minimum atomic E-state index is -0.0127. The highest BCUT2D eigenvalue weighted by Crippen LogP contribution is 2.40. The molecule has 0 radical (unpaired) electrons. The maximum Gasteiger partial charge on any atom is 0.0940 e. The van der Waals surface area contributed by atoms with E-state index < -0.39 is 0 Å². The molecule has 110 valence electrons. The third-order valence-electron chi connectivity index (χ3n) is 4.61. The third-order valence-corrected chi connectivity index (χ3v) is 5.33. The molecule has 3 rings (SSSR count). The lowest BCUT2D eigenvalue weighted by atomic mass is 9.79. The molecule has 0 saturated carbocycles. The molecule has 3 unspecified atom stereocenters. The molecular weight excluding hydrogens is 365 g/mol. The summed E-state index contributed by atoms with van der Waals surface area (Å²) in [6, 6.07) is 9.28. The van der Waals surface area contributed by atoms with Crippen molar-refractivity contribution in [2.45, 2.75) is 30.9 Å². The van der Waals surface area contributed by atoms with Crippen molar-refractivity contribution < 1.29 is 9.47 Å². The van der Waals surface area contributed by atoms with Crippen LogP contribution < -0.4 is 5.32 Å². The number of halogens is 1. The van der Waals surface area contributed by atoms with Crippen LogP contribution in [0.15, 0.2) is 24.3 Å². The van der Waals surface area contributed by atoms with Gasteiger partial charge in [-0.3, -0.25) is 0 Å². The second-order valence-corrected chi connectivity index (χ2v) is 7.15. The Labute approximate surface area is 134 Å². The summed E-state index contributed by atoms with van der Waals surface area (Å²) in [6.45, 7) is 2.48. The molecule has 1 aromatic carbocycles. The van der Waals surface area contributed by atoms with E-state index in [2.05, 4.69) is 59.2 Å². The molecule has 0 aliphatic carbocycles. The van der Waals surface area contributed by atoms with Crippen LogP contribution in [0.2, 0.25) is 0 Å². The molecule has 2 heterocycles.